The average Bonchev–Trinajstić information content (AvgIpc) is 2.47. The van der Waals surface area contributed by atoms with Crippen LogP contribution in [0.5, 0.6) is 0 Å². The van der Waals surface area contributed by atoms with Gasteiger partial charge in [0.05, 0.1) is 22.8 Å². The normalized spacial score (nSPS) is 26.4. The number of rotatable bonds is 1. The molecule has 3 nitrogen and oxygen atoms in total. The van der Waals surface area contributed by atoms with E-state index in [-0.39, 0.29) is 6.10 Å². The Morgan fingerprint density at radius 2 is 2.12 bits per heavy atom. The molecule has 88 valence electrons. The molecule has 16 heavy (non-hydrogen) atoms. The van der Waals surface area contributed by atoms with Crippen molar-refractivity contribution >= 4 is 23.2 Å². The van der Waals surface area contributed by atoms with Gasteiger partial charge in [-0.1, -0.05) is 29.3 Å². The van der Waals surface area contributed by atoms with Crippen molar-refractivity contribution in [3.05, 3.63) is 33.8 Å². The van der Waals surface area contributed by atoms with Crippen LogP contribution in [0.15, 0.2) is 18.2 Å². The number of β-amino-alcohol motifs (C(OH)–C–C–N with tert-alkyl or cyclic N) is 1. The van der Waals surface area contributed by atoms with Crippen molar-refractivity contribution in [2.45, 2.75) is 12.2 Å². The minimum absolute atomic E-state index is 0.343. The van der Waals surface area contributed by atoms with Gasteiger partial charge in [-0.15, -0.1) is 0 Å². The highest BCUT2D eigenvalue weighted by atomic mass is 35.5. The third-order valence-corrected chi connectivity index (χ3v) is 3.29. The molecule has 0 spiro atoms. The van der Waals surface area contributed by atoms with Crippen LogP contribution >= 0.6 is 23.2 Å². The molecule has 1 aromatic carbocycles. The van der Waals surface area contributed by atoms with E-state index < -0.39 is 6.10 Å². The third kappa shape index (κ3) is 2.67. The molecule has 1 heterocycles. The third-order valence-electron chi connectivity index (χ3n) is 2.55. The first-order chi connectivity index (χ1) is 7.68. The van der Waals surface area contributed by atoms with Gasteiger partial charge in [-0.2, -0.15) is 0 Å². The second-order valence-electron chi connectivity index (χ2n) is 3.74. The van der Waals surface area contributed by atoms with E-state index in [4.69, 9.17) is 27.9 Å². The van der Waals surface area contributed by atoms with Crippen LogP contribution in [0.1, 0.15) is 11.7 Å². The molecule has 1 fully saturated rings. The Kier molecular flexibility index (Phi) is 4.05. The van der Waals surface area contributed by atoms with E-state index in [2.05, 4.69) is 5.32 Å². The maximum Gasteiger partial charge on any atom is 0.110 e. The van der Waals surface area contributed by atoms with Gasteiger partial charge in [0.25, 0.3) is 0 Å². The topological polar surface area (TPSA) is 41.5 Å². The SMILES string of the molecule is O[C@H]1CNCCO[C@@H]1c1ccc(Cl)c(Cl)c1. The molecule has 0 bridgehead atoms. The Bertz CT molecular complexity index is 373. The first kappa shape index (κ1) is 12.1. The van der Waals surface area contributed by atoms with Crippen LogP contribution in [-0.2, 0) is 4.74 Å². The number of aliphatic hydroxyl groups excluding tert-OH is 1. The van der Waals surface area contributed by atoms with Crippen LogP contribution in [0.3, 0.4) is 0 Å². The number of aliphatic hydroxyl groups is 1. The van der Waals surface area contributed by atoms with Crippen molar-refractivity contribution in [3.8, 4) is 0 Å². The quantitative estimate of drug-likeness (QED) is 0.813. The second kappa shape index (κ2) is 5.34. The molecule has 2 atom stereocenters. The summed E-state index contributed by atoms with van der Waals surface area (Å²) in [7, 11) is 0. The molecular formula is C11H13Cl2NO2. The summed E-state index contributed by atoms with van der Waals surface area (Å²) >= 11 is 11.8. The summed E-state index contributed by atoms with van der Waals surface area (Å²) < 4.78 is 5.58. The first-order valence-electron chi connectivity index (χ1n) is 5.14. The number of halogens is 2. The van der Waals surface area contributed by atoms with Gasteiger partial charge in [0.15, 0.2) is 0 Å². The molecule has 2 rings (SSSR count). The van der Waals surface area contributed by atoms with E-state index in [0.29, 0.717) is 23.2 Å². The van der Waals surface area contributed by atoms with Crippen molar-refractivity contribution in [1.82, 2.24) is 5.32 Å². The summed E-state index contributed by atoms with van der Waals surface area (Å²) in [5, 5.41) is 14.0. The van der Waals surface area contributed by atoms with Crippen LogP contribution in [0.4, 0.5) is 0 Å². The summed E-state index contributed by atoms with van der Waals surface area (Å²) in [5.74, 6) is 0. The Hall–Kier alpha value is -0.320. The average molecular weight is 262 g/mol. The van der Waals surface area contributed by atoms with Gasteiger partial charge in [-0.25, -0.2) is 0 Å². The van der Waals surface area contributed by atoms with E-state index in [1.807, 2.05) is 6.07 Å². The van der Waals surface area contributed by atoms with E-state index in [1.165, 1.54) is 0 Å². The minimum Gasteiger partial charge on any atom is -0.389 e. The molecule has 0 aromatic heterocycles. The molecular weight excluding hydrogens is 249 g/mol. The molecule has 0 radical (unpaired) electrons. The number of ether oxygens (including phenoxy) is 1. The molecule has 1 saturated heterocycles. The summed E-state index contributed by atoms with van der Waals surface area (Å²) in [4.78, 5) is 0. The summed E-state index contributed by atoms with van der Waals surface area (Å²) in [6, 6.07) is 5.28. The predicted molar refractivity (Wildman–Crippen MR) is 64.0 cm³/mol. The van der Waals surface area contributed by atoms with Gasteiger partial charge in [0, 0.05) is 13.1 Å². The number of hydrogen-bond donors (Lipinski definition) is 2. The predicted octanol–water partition coefficient (Wildman–Crippen LogP) is 2.02. The largest absolute Gasteiger partial charge is 0.389 e. The molecule has 0 aliphatic carbocycles. The maximum atomic E-state index is 9.90. The maximum absolute atomic E-state index is 9.90. The van der Waals surface area contributed by atoms with Gasteiger partial charge in [-0.05, 0) is 17.7 Å². The van der Waals surface area contributed by atoms with Crippen LogP contribution in [0, 0.1) is 0 Å². The first-order valence-corrected chi connectivity index (χ1v) is 5.89. The standard InChI is InChI=1S/C11H13Cl2NO2/c12-8-2-1-7(5-9(8)13)11-10(15)6-14-3-4-16-11/h1-2,5,10-11,14-15H,3-4,6H2/t10-,11+/m0/s1. The fourth-order valence-electron chi connectivity index (χ4n) is 1.73. The molecule has 0 saturated carbocycles. The van der Waals surface area contributed by atoms with Gasteiger partial charge < -0.3 is 15.2 Å². The lowest BCUT2D eigenvalue weighted by Crippen LogP contribution is -2.28. The molecule has 0 unspecified atom stereocenters. The van der Waals surface area contributed by atoms with E-state index in [9.17, 15) is 5.11 Å². The van der Waals surface area contributed by atoms with E-state index in [0.717, 1.165) is 12.1 Å². The molecule has 1 aliphatic heterocycles. The van der Waals surface area contributed by atoms with Gasteiger partial charge >= 0.3 is 0 Å². The van der Waals surface area contributed by atoms with Crippen molar-refractivity contribution in [2.75, 3.05) is 19.7 Å². The van der Waals surface area contributed by atoms with Crippen molar-refractivity contribution in [2.24, 2.45) is 0 Å². The number of nitrogens with one attached hydrogen (secondary N) is 1. The smallest absolute Gasteiger partial charge is 0.110 e. The number of hydrogen-bond acceptors (Lipinski definition) is 3. The zero-order chi connectivity index (χ0) is 11.5. The second-order valence-corrected chi connectivity index (χ2v) is 4.55. The Morgan fingerprint density at radius 1 is 1.31 bits per heavy atom. The minimum atomic E-state index is -0.570. The van der Waals surface area contributed by atoms with Crippen molar-refractivity contribution in [3.63, 3.8) is 0 Å². The monoisotopic (exact) mass is 261 g/mol. The molecule has 0 amide bonds. The Labute approximate surface area is 104 Å². The van der Waals surface area contributed by atoms with Crippen molar-refractivity contribution in [1.29, 1.82) is 0 Å². The Morgan fingerprint density at radius 3 is 2.88 bits per heavy atom. The fraction of sp³-hybridized carbons (Fsp3) is 0.455. The van der Waals surface area contributed by atoms with Crippen molar-refractivity contribution < 1.29 is 9.84 Å². The summed E-state index contributed by atoms with van der Waals surface area (Å²) in [6.07, 6.45) is -0.912. The number of benzene rings is 1. The molecule has 1 aliphatic rings. The van der Waals surface area contributed by atoms with Crippen LogP contribution in [0.25, 0.3) is 0 Å². The molecule has 5 heteroatoms. The lowest BCUT2D eigenvalue weighted by Gasteiger charge is -2.20. The zero-order valence-corrected chi connectivity index (χ0v) is 10.1. The highest BCUT2D eigenvalue weighted by Gasteiger charge is 2.24. The summed E-state index contributed by atoms with van der Waals surface area (Å²) in [5.41, 5.74) is 0.852. The highest BCUT2D eigenvalue weighted by molar-refractivity contribution is 6.42. The fourth-order valence-corrected chi connectivity index (χ4v) is 2.04. The van der Waals surface area contributed by atoms with Crippen LogP contribution in [0.2, 0.25) is 10.0 Å². The van der Waals surface area contributed by atoms with E-state index >= 15 is 0 Å². The van der Waals surface area contributed by atoms with Gasteiger partial charge in [0.1, 0.15) is 6.10 Å². The lowest BCUT2D eigenvalue weighted by atomic mass is 10.0. The Balaban J connectivity index is 2.23. The van der Waals surface area contributed by atoms with Crippen LogP contribution in [-0.4, -0.2) is 30.9 Å². The summed E-state index contributed by atoms with van der Waals surface area (Å²) in [6.45, 7) is 1.84. The highest BCUT2D eigenvalue weighted by Crippen LogP contribution is 2.29. The van der Waals surface area contributed by atoms with Gasteiger partial charge in [0.2, 0.25) is 0 Å². The molecule has 2 N–H and O–H groups in total. The lowest BCUT2D eigenvalue weighted by molar-refractivity contribution is -0.0199. The zero-order valence-electron chi connectivity index (χ0n) is 8.62. The van der Waals surface area contributed by atoms with E-state index in [1.54, 1.807) is 12.1 Å². The van der Waals surface area contributed by atoms with Crippen LogP contribution < -0.4 is 5.32 Å². The molecule has 1 aromatic rings. The van der Waals surface area contributed by atoms with Gasteiger partial charge in [-0.3, -0.25) is 0 Å².